The molecule has 0 saturated carbocycles. The number of primary amides is 1. The fourth-order valence-corrected chi connectivity index (χ4v) is 0.509. The molecule has 0 radical (unpaired) electrons. The minimum atomic E-state index is -4.64. The third kappa shape index (κ3) is 17.6. The molecule has 5 N–H and O–H groups in total. The minimum absolute atomic E-state index is 0. The summed E-state index contributed by atoms with van der Waals surface area (Å²) in [6.45, 7) is 0. The summed E-state index contributed by atoms with van der Waals surface area (Å²) in [5, 5.41) is 0. The van der Waals surface area contributed by atoms with E-state index in [2.05, 4.69) is 4.98 Å². The van der Waals surface area contributed by atoms with Crippen LogP contribution < -0.4 is 5.73 Å². The van der Waals surface area contributed by atoms with Crippen molar-refractivity contribution < 1.29 is 29.7 Å². The smallest absolute Gasteiger partial charge is 1.00 e. The van der Waals surface area contributed by atoms with Gasteiger partial charge >= 0.3 is 83.3 Å². The van der Waals surface area contributed by atoms with Crippen LogP contribution in [0.3, 0.4) is 0 Å². The Bertz CT molecular complexity index is 350. The van der Waals surface area contributed by atoms with Crippen molar-refractivity contribution in [1.82, 2.24) is 4.98 Å². The number of aromatic nitrogens is 1. The molecule has 0 atom stereocenters. The fourth-order valence-electron chi connectivity index (χ4n) is 0.509. The summed E-state index contributed by atoms with van der Waals surface area (Å²) in [7, 11) is -4.64. The zero-order valence-corrected chi connectivity index (χ0v) is 13.7. The molecule has 0 spiro atoms. The second-order valence-corrected chi connectivity index (χ2v) is 3.15. The number of amides is 1. The average molecular weight is 304 g/mol. The van der Waals surface area contributed by atoms with E-state index in [4.69, 9.17) is 25.0 Å². The summed E-state index contributed by atoms with van der Waals surface area (Å²) >= 11 is 0. The van der Waals surface area contributed by atoms with Gasteiger partial charge in [0.1, 0.15) is 0 Å². The van der Waals surface area contributed by atoms with E-state index in [-0.39, 0.29) is 81.2 Å². The molecule has 0 unspecified atom stereocenters. The molecule has 0 saturated heterocycles. The molecule has 86 valence electrons. The van der Waals surface area contributed by atoms with E-state index in [9.17, 15) is 4.79 Å². The monoisotopic (exact) mass is 304 g/mol. The first-order valence-corrected chi connectivity index (χ1v) is 4.85. The molecular weight excluding hydrogens is 291 g/mol. The van der Waals surface area contributed by atoms with Crippen LogP contribution in [0.5, 0.6) is 0 Å². The molecule has 1 aromatic rings. The molecule has 0 aromatic carbocycles. The molecule has 1 aromatic heterocycles. The molecular formula is C6H13Ca2N2O5P. The van der Waals surface area contributed by atoms with Crippen molar-refractivity contribution in [2.45, 2.75) is 0 Å². The summed E-state index contributed by atoms with van der Waals surface area (Å²) in [6, 6.07) is 3.29. The Morgan fingerprint density at radius 3 is 2.00 bits per heavy atom. The maximum Gasteiger partial charge on any atom is 2.00 e. The number of phosphoric acid groups is 1. The Kier molecular flexibility index (Phi) is 15.9. The average Bonchev–Trinajstić information content (AvgIpc) is 2.03. The predicted molar refractivity (Wildman–Crippen MR) is 63.0 cm³/mol. The van der Waals surface area contributed by atoms with Crippen molar-refractivity contribution >= 4 is 89.2 Å². The summed E-state index contributed by atoms with van der Waals surface area (Å²) in [5.74, 6) is -0.442. The van der Waals surface area contributed by atoms with Crippen LogP contribution in [0, 0.1) is 0 Å². The van der Waals surface area contributed by atoms with Crippen molar-refractivity contribution in [3.63, 3.8) is 0 Å². The Labute approximate surface area is 158 Å². The maximum absolute atomic E-state index is 10.4. The van der Waals surface area contributed by atoms with Gasteiger partial charge < -0.3 is 26.1 Å². The normalized spacial score (nSPS) is 8.69. The van der Waals surface area contributed by atoms with Crippen LogP contribution in [-0.4, -0.2) is 101 Å². The van der Waals surface area contributed by atoms with Gasteiger partial charge in [0.25, 0.3) is 0 Å². The minimum Gasteiger partial charge on any atom is -1.00 e. The van der Waals surface area contributed by atoms with Crippen molar-refractivity contribution in [3.05, 3.63) is 30.1 Å². The van der Waals surface area contributed by atoms with E-state index < -0.39 is 13.7 Å². The van der Waals surface area contributed by atoms with Gasteiger partial charge in [0.15, 0.2) is 0 Å². The van der Waals surface area contributed by atoms with Gasteiger partial charge in [0, 0.05) is 12.4 Å². The van der Waals surface area contributed by atoms with E-state index in [0.717, 1.165) is 0 Å². The number of nitrogens with two attached hydrogens (primary N) is 1. The van der Waals surface area contributed by atoms with Gasteiger partial charge in [-0.1, -0.05) is 0 Å². The Morgan fingerprint density at radius 2 is 1.81 bits per heavy atom. The second kappa shape index (κ2) is 11.3. The second-order valence-electron chi connectivity index (χ2n) is 2.12. The van der Waals surface area contributed by atoms with E-state index in [0.29, 0.717) is 5.56 Å². The van der Waals surface area contributed by atoms with Gasteiger partial charge in [-0.2, -0.15) is 0 Å². The third-order valence-electron chi connectivity index (χ3n) is 0.946. The molecule has 7 nitrogen and oxygen atoms in total. The molecule has 0 aliphatic heterocycles. The molecule has 0 aliphatic rings. The standard InChI is InChI=1S/C6H6N2O.2Ca.H3O4P.4H/c7-6(9)5-2-1-3-8-4-5;;;1-5(2,3)4;;;;/h1-4H,(H2,7,9);;;(H3,1,2,3,4);;;;/q;2*+2;;4*-1. The van der Waals surface area contributed by atoms with Gasteiger partial charge in [-0.25, -0.2) is 4.57 Å². The van der Waals surface area contributed by atoms with E-state index in [1.54, 1.807) is 18.3 Å². The number of rotatable bonds is 1. The first-order valence-electron chi connectivity index (χ1n) is 3.29. The molecule has 1 rings (SSSR count). The van der Waals surface area contributed by atoms with Gasteiger partial charge in [-0.05, 0) is 12.1 Å². The van der Waals surface area contributed by atoms with Crippen LogP contribution in [0.2, 0.25) is 0 Å². The number of carbonyl (C=O) groups excluding carboxylic acids is 1. The predicted octanol–water partition coefficient (Wildman–Crippen LogP) is -1.06. The third-order valence-corrected chi connectivity index (χ3v) is 0.946. The maximum atomic E-state index is 10.4. The Morgan fingerprint density at radius 1 is 1.38 bits per heavy atom. The Hall–Kier alpha value is 1.25. The number of carbonyl (C=O) groups is 1. The van der Waals surface area contributed by atoms with Gasteiger partial charge in [0.2, 0.25) is 5.91 Å². The van der Waals surface area contributed by atoms with Crippen LogP contribution in [-0.2, 0) is 4.57 Å². The summed E-state index contributed by atoms with van der Waals surface area (Å²) in [6.07, 6.45) is 3.02. The summed E-state index contributed by atoms with van der Waals surface area (Å²) < 4.78 is 8.88. The van der Waals surface area contributed by atoms with Gasteiger partial charge in [-0.15, -0.1) is 0 Å². The summed E-state index contributed by atoms with van der Waals surface area (Å²) in [4.78, 5) is 35.7. The first kappa shape index (κ1) is 22.4. The van der Waals surface area contributed by atoms with Crippen molar-refractivity contribution in [2.24, 2.45) is 5.73 Å². The Balaban J connectivity index is -0.0000000282. The fraction of sp³-hybridized carbons (Fsp3) is 0. The topological polar surface area (TPSA) is 134 Å². The zero-order valence-electron chi connectivity index (χ0n) is 12.4. The van der Waals surface area contributed by atoms with Crippen LogP contribution in [0.25, 0.3) is 0 Å². The molecule has 10 heteroatoms. The van der Waals surface area contributed by atoms with Crippen LogP contribution >= 0.6 is 7.82 Å². The van der Waals surface area contributed by atoms with Crippen molar-refractivity contribution in [1.29, 1.82) is 0 Å². The van der Waals surface area contributed by atoms with Crippen LogP contribution in [0.4, 0.5) is 0 Å². The number of nitrogens with zero attached hydrogens (tertiary/aromatic N) is 1. The van der Waals surface area contributed by atoms with Gasteiger partial charge in [0.05, 0.1) is 5.56 Å². The van der Waals surface area contributed by atoms with Crippen molar-refractivity contribution in [3.8, 4) is 0 Å². The van der Waals surface area contributed by atoms with E-state index in [1.807, 2.05) is 0 Å². The molecule has 0 aliphatic carbocycles. The SMILES string of the molecule is NC(=O)c1cccnc1.O=P(O)(O)O.[Ca+2].[Ca+2].[H-].[H-].[H-].[H-]. The number of pyridine rings is 1. The largest absolute Gasteiger partial charge is 2.00 e. The van der Waals surface area contributed by atoms with Crippen LogP contribution in [0.15, 0.2) is 24.5 Å². The summed E-state index contributed by atoms with van der Waals surface area (Å²) in [5.41, 5.74) is 5.38. The molecule has 1 heterocycles. The number of hydrogen-bond donors (Lipinski definition) is 4. The molecule has 0 bridgehead atoms. The first-order chi connectivity index (χ1) is 6.30. The van der Waals surface area contributed by atoms with Gasteiger partial charge in [-0.3, -0.25) is 9.78 Å². The van der Waals surface area contributed by atoms with E-state index in [1.165, 1.54) is 6.20 Å². The quantitative estimate of drug-likeness (QED) is 0.386. The van der Waals surface area contributed by atoms with Crippen molar-refractivity contribution in [2.75, 3.05) is 0 Å². The van der Waals surface area contributed by atoms with Crippen LogP contribution in [0.1, 0.15) is 16.1 Å². The molecule has 16 heavy (non-hydrogen) atoms. The molecule has 0 fully saturated rings. The zero-order chi connectivity index (χ0) is 11.2. The molecule has 1 amide bonds. The number of hydrogen-bond acceptors (Lipinski definition) is 3. The van der Waals surface area contributed by atoms with E-state index >= 15 is 0 Å².